The molecule has 2 aromatic heterocycles. The first kappa shape index (κ1) is 29.8. The zero-order chi connectivity index (χ0) is 30.6. The standard InChI is InChI=1S/C31H37NO10/c1-16(33)38-15-30(5)22-13-24(40-18(3)35)31(6)27(29(22,4)10-9-23(30)39-17(2)34)26(36)25-21(42-31)12-20(41-28(25)37)19-8-7-11-32-14-19/h7-8,11-12,14,22-24,26-27,36H,9-10,13,15H2,1-6H3/t22-,23+,24+,26+,27-,29+,30+,31-/m0/s1. The zero-order valence-electron chi connectivity index (χ0n) is 24.7. The Morgan fingerprint density at radius 3 is 2.38 bits per heavy atom. The zero-order valence-corrected chi connectivity index (χ0v) is 24.7. The number of ether oxygens (including phenoxy) is 4. The highest BCUT2D eigenvalue weighted by Gasteiger charge is 2.70. The van der Waals surface area contributed by atoms with E-state index in [9.17, 15) is 24.3 Å². The van der Waals surface area contributed by atoms with Crippen LogP contribution >= 0.6 is 0 Å². The summed E-state index contributed by atoms with van der Waals surface area (Å²) in [5, 5.41) is 12.1. The highest BCUT2D eigenvalue weighted by molar-refractivity contribution is 5.67. The van der Waals surface area contributed by atoms with E-state index in [-0.39, 0.29) is 36.0 Å². The van der Waals surface area contributed by atoms with Gasteiger partial charge in [0.05, 0.1) is 6.10 Å². The summed E-state index contributed by atoms with van der Waals surface area (Å²) in [7, 11) is 0. The lowest BCUT2D eigenvalue weighted by Crippen LogP contribution is -2.71. The molecular formula is C31H37NO10. The number of carbonyl (C=O) groups excluding carboxylic acids is 3. The van der Waals surface area contributed by atoms with Gasteiger partial charge >= 0.3 is 23.5 Å². The maximum atomic E-state index is 13.4. The Balaban J connectivity index is 1.66. The summed E-state index contributed by atoms with van der Waals surface area (Å²) in [5.74, 6) is -2.25. The normalized spacial score (nSPS) is 35.0. The second-order valence-corrected chi connectivity index (χ2v) is 12.4. The average Bonchev–Trinajstić information content (AvgIpc) is 2.90. The summed E-state index contributed by atoms with van der Waals surface area (Å²) >= 11 is 0. The number of pyridine rings is 1. The molecule has 3 aliphatic rings. The summed E-state index contributed by atoms with van der Waals surface area (Å²) in [5.41, 5.74) is -3.09. The summed E-state index contributed by atoms with van der Waals surface area (Å²) in [6.07, 6.45) is 1.53. The average molecular weight is 584 g/mol. The van der Waals surface area contributed by atoms with Gasteiger partial charge in [-0.2, -0.15) is 0 Å². The lowest BCUT2D eigenvalue weighted by molar-refractivity contribution is -0.270. The van der Waals surface area contributed by atoms with Gasteiger partial charge in [0.25, 0.3) is 0 Å². The van der Waals surface area contributed by atoms with Crippen molar-refractivity contribution in [3.63, 3.8) is 0 Å². The van der Waals surface area contributed by atoms with E-state index < -0.39 is 64.2 Å². The molecule has 2 fully saturated rings. The van der Waals surface area contributed by atoms with Crippen molar-refractivity contribution >= 4 is 17.9 Å². The van der Waals surface area contributed by atoms with Gasteiger partial charge in [-0.3, -0.25) is 19.4 Å². The highest BCUT2D eigenvalue weighted by Crippen LogP contribution is 2.67. The minimum absolute atomic E-state index is 0.0163. The Bertz CT molecular complexity index is 1460. The predicted octanol–water partition coefficient (Wildman–Crippen LogP) is 3.76. The summed E-state index contributed by atoms with van der Waals surface area (Å²) in [6.45, 7) is 9.56. The molecule has 2 aliphatic carbocycles. The van der Waals surface area contributed by atoms with Crippen molar-refractivity contribution in [2.45, 2.75) is 84.7 Å². The van der Waals surface area contributed by atoms with Crippen molar-refractivity contribution in [1.82, 2.24) is 4.98 Å². The first-order chi connectivity index (χ1) is 19.7. The Morgan fingerprint density at radius 1 is 1.07 bits per heavy atom. The number of rotatable bonds is 5. The van der Waals surface area contributed by atoms with Crippen LogP contribution in [0.2, 0.25) is 0 Å². The molecule has 42 heavy (non-hydrogen) atoms. The third kappa shape index (κ3) is 4.77. The van der Waals surface area contributed by atoms with Crippen LogP contribution in [0, 0.1) is 22.7 Å². The number of nitrogens with zero attached hydrogens (tertiary/aromatic N) is 1. The van der Waals surface area contributed by atoms with Crippen molar-refractivity contribution in [1.29, 1.82) is 0 Å². The van der Waals surface area contributed by atoms with Gasteiger partial charge in [0, 0.05) is 56.1 Å². The number of aliphatic hydroxyl groups is 1. The van der Waals surface area contributed by atoms with E-state index in [1.54, 1.807) is 37.5 Å². The number of carbonyl (C=O) groups is 3. The maximum Gasteiger partial charge on any atom is 0.345 e. The quantitative estimate of drug-likeness (QED) is 0.405. The third-order valence-corrected chi connectivity index (χ3v) is 9.73. The molecule has 0 radical (unpaired) electrons. The van der Waals surface area contributed by atoms with E-state index in [4.69, 9.17) is 23.4 Å². The maximum absolute atomic E-state index is 13.4. The number of aromatic nitrogens is 1. The molecule has 0 aromatic carbocycles. The van der Waals surface area contributed by atoms with E-state index in [1.807, 2.05) is 13.8 Å². The fourth-order valence-corrected chi connectivity index (χ4v) is 8.04. The minimum Gasteiger partial charge on any atom is -0.482 e. The first-order valence-corrected chi connectivity index (χ1v) is 14.1. The van der Waals surface area contributed by atoms with Crippen LogP contribution in [0.4, 0.5) is 0 Å². The van der Waals surface area contributed by atoms with Gasteiger partial charge in [-0.1, -0.05) is 13.8 Å². The minimum atomic E-state index is -1.34. The lowest BCUT2D eigenvalue weighted by atomic mass is 9.42. The molecule has 0 bridgehead atoms. The van der Waals surface area contributed by atoms with Crippen LogP contribution < -0.4 is 10.4 Å². The summed E-state index contributed by atoms with van der Waals surface area (Å²) in [6, 6.07) is 5.00. The molecule has 11 nitrogen and oxygen atoms in total. The number of aliphatic hydroxyl groups excluding tert-OH is 1. The Labute approximate surface area is 243 Å². The molecular weight excluding hydrogens is 546 g/mol. The summed E-state index contributed by atoms with van der Waals surface area (Å²) < 4.78 is 29.5. The molecule has 1 aliphatic heterocycles. The van der Waals surface area contributed by atoms with E-state index in [0.717, 1.165) is 0 Å². The Kier molecular flexibility index (Phi) is 7.45. The number of hydrogen-bond acceptors (Lipinski definition) is 11. The fourth-order valence-electron chi connectivity index (χ4n) is 8.04. The molecule has 11 heteroatoms. The van der Waals surface area contributed by atoms with Gasteiger partial charge in [0.2, 0.25) is 0 Å². The van der Waals surface area contributed by atoms with Gasteiger partial charge in [-0.25, -0.2) is 4.79 Å². The highest BCUT2D eigenvalue weighted by atomic mass is 16.6. The second kappa shape index (κ2) is 10.5. The number of hydrogen-bond donors (Lipinski definition) is 1. The topological polar surface area (TPSA) is 151 Å². The van der Waals surface area contributed by atoms with Crippen LogP contribution in [0.5, 0.6) is 5.75 Å². The molecule has 3 heterocycles. The number of esters is 3. The van der Waals surface area contributed by atoms with Gasteiger partial charge in [-0.05, 0) is 49.7 Å². The SMILES string of the molecule is CC(=O)OC[C@]1(C)[C@H]2C[C@@H](OC(C)=O)[C@]3(C)Oc4cc(-c5cccnc5)oc(=O)c4[C@@H](O)[C@H]3[C@]2(C)CC[C@H]1OC(C)=O. The predicted molar refractivity (Wildman–Crippen MR) is 147 cm³/mol. The molecule has 226 valence electrons. The van der Waals surface area contributed by atoms with Crippen LogP contribution in [-0.2, 0) is 28.6 Å². The van der Waals surface area contributed by atoms with Gasteiger partial charge in [0.1, 0.15) is 41.5 Å². The molecule has 8 atom stereocenters. The monoisotopic (exact) mass is 583 g/mol. The van der Waals surface area contributed by atoms with Gasteiger partial charge in [0.15, 0.2) is 0 Å². The van der Waals surface area contributed by atoms with Crippen molar-refractivity contribution < 1.29 is 42.9 Å². The van der Waals surface area contributed by atoms with Crippen LogP contribution in [-0.4, -0.2) is 52.4 Å². The molecule has 2 saturated carbocycles. The van der Waals surface area contributed by atoms with Gasteiger partial charge in [-0.15, -0.1) is 0 Å². The molecule has 1 N–H and O–H groups in total. The van der Waals surface area contributed by atoms with E-state index in [2.05, 4.69) is 4.98 Å². The molecule has 0 amide bonds. The van der Waals surface area contributed by atoms with Crippen LogP contribution in [0.1, 0.15) is 72.5 Å². The Hall–Kier alpha value is -3.73. The smallest absolute Gasteiger partial charge is 0.345 e. The van der Waals surface area contributed by atoms with Crippen LogP contribution in [0.25, 0.3) is 11.3 Å². The molecule has 0 spiro atoms. The molecule has 2 aromatic rings. The van der Waals surface area contributed by atoms with E-state index >= 15 is 0 Å². The Morgan fingerprint density at radius 2 is 1.76 bits per heavy atom. The van der Waals surface area contributed by atoms with Crippen molar-refractivity contribution in [2.24, 2.45) is 22.7 Å². The van der Waals surface area contributed by atoms with Crippen molar-refractivity contribution in [2.75, 3.05) is 6.61 Å². The third-order valence-electron chi connectivity index (χ3n) is 9.73. The van der Waals surface area contributed by atoms with Crippen molar-refractivity contribution in [3.05, 3.63) is 46.6 Å². The molecule has 0 unspecified atom stereocenters. The lowest BCUT2D eigenvalue weighted by Gasteiger charge is -2.66. The molecule has 0 saturated heterocycles. The molecule has 5 rings (SSSR count). The van der Waals surface area contributed by atoms with Crippen molar-refractivity contribution in [3.8, 4) is 17.1 Å². The first-order valence-electron chi connectivity index (χ1n) is 14.1. The number of fused-ring (bicyclic) bond motifs is 4. The summed E-state index contributed by atoms with van der Waals surface area (Å²) in [4.78, 5) is 54.0. The fraction of sp³-hybridized carbons (Fsp3) is 0.581. The largest absolute Gasteiger partial charge is 0.482 e. The van der Waals surface area contributed by atoms with E-state index in [1.165, 1.54) is 20.8 Å². The van der Waals surface area contributed by atoms with Crippen LogP contribution in [0.3, 0.4) is 0 Å². The van der Waals surface area contributed by atoms with E-state index in [0.29, 0.717) is 18.4 Å². The second-order valence-electron chi connectivity index (χ2n) is 12.4. The van der Waals surface area contributed by atoms with Gasteiger partial charge < -0.3 is 28.5 Å². The van der Waals surface area contributed by atoms with Crippen LogP contribution in [0.15, 0.2) is 39.8 Å².